The maximum atomic E-state index is 12.4. The molecule has 1 N–H and O–H groups in total. The van der Waals surface area contributed by atoms with Gasteiger partial charge in [0.05, 0.1) is 19.6 Å². The van der Waals surface area contributed by atoms with Crippen molar-refractivity contribution < 1.29 is 9.59 Å². The minimum atomic E-state index is -0.128. The molecule has 1 aromatic carbocycles. The van der Waals surface area contributed by atoms with Crippen LogP contribution in [0.5, 0.6) is 0 Å². The monoisotopic (exact) mass is 400 g/mol. The van der Waals surface area contributed by atoms with E-state index < -0.39 is 0 Å². The second-order valence-corrected chi connectivity index (χ2v) is 8.18. The summed E-state index contributed by atoms with van der Waals surface area (Å²) in [5, 5.41) is 4.84. The predicted octanol–water partition coefficient (Wildman–Crippen LogP) is 1.64. The van der Waals surface area contributed by atoms with E-state index in [0.717, 1.165) is 37.6 Å². The molecule has 3 rings (SSSR count). The summed E-state index contributed by atoms with van der Waals surface area (Å²) in [6.45, 7) is 5.58. The highest BCUT2D eigenvalue weighted by Gasteiger charge is 2.21. The summed E-state index contributed by atoms with van der Waals surface area (Å²) in [5.41, 5.74) is 1.32. The van der Waals surface area contributed by atoms with Gasteiger partial charge in [0.15, 0.2) is 0 Å². The van der Waals surface area contributed by atoms with Crippen LogP contribution < -0.4 is 5.32 Å². The smallest absolute Gasteiger partial charge is 0.239 e. The predicted molar refractivity (Wildman–Crippen MR) is 112 cm³/mol. The van der Waals surface area contributed by atoms with Crippen LogP contribution in [0.4, 0.5) is 0 Å². The molecule has 6 nitrogen and oxygen atoms in total. The lowest BCUT2D eigenvalue weighted by molar-refractivity contribution is -0.136. The van der Waals surface area contributed by atoms with E-state index in [9.17, 15) is 9.59 Å². The quantitative estimate of drug-likeness (QED) is 0.732. The van der Waals surface area contributed by atoms with Crippen LogP contribution >= 0.6 is 11.3 Å². The van der Waals surface area contributed by atoms with Crippen molar-refractivity contribution in [2.45, 2.75) is 13.1 Å². The molecule has 1 aromatic heterocycles. The number of thiophene rings is 1. The number of carbonyl (C=O) groups is 2. The number of piperazine rings is 1. The van der Waals surface area contributed by atoms with E-state index in [1.54, 1.807) is 18.4 Å². The lowest BCUT2D eigenvalue weighted by Crippen LogP contribution is -2.50. The summed E-state index contributed by atoms with van der Waals surface area (Å²) in [6.07, 6.45) is 0. The molecule has 0 radical (unpaired) electrons. The first-order valence-corrected chi connectivity index (χ1v) is 10.5. The Kier molecular flexibility index (Phi) is 7.59. The molecule has 28 heavy (non-hydrogen) atoms. The van der Waals surface area contributed by atoms with Gasteiger partial charge in [0.25, 0.3) is 0 Å². The van der Waals surface area contributed by atoms with Crippen molar-refractivity contribution >= 4 is 23.2 Å². The van der Waals surface area contributed by atoms with Crippen molar-refractivity contribution in [3.05, 3.63) is 58.3 Å². The van der Waals surface area contributed by atoms with Gasteiger partial charge in [-0.2, -0.15) is 0 Å². The lowest BCUT2D eigenvalue weighted by Gasteiger charge is -2.35. The average Bonchev–Trinajstić information content (AvgIpc) is 3.22. The first kappa shape index (κ1) is 20.5. The summed E-state index contributed by atoms with van der Waals surface area (Å²) in [6, 6.07) is 14.4. The van der Waals surface area contributed by atoms with E-state index in [4.69, 9.17) is 0 Å². The number of nitrogens with zero attached hydrogens (tertiary/aromatic N) is 3. The van der Waals surface area contributed by atoms with Crippen molar-refractivity contribution in [3.63, 3.8) is 0 Å². The van der Waals surface area contributed by atoms with Gasteiger partial charge in [0.2, 0.25) is 11.8 Å². The lowest BCUT2D eigenvalue weighted by atomic mass is 10.2. The highest BCUT2D eigenvalue weighted by atomic mass is 32.1. The summed E-state index contributed by atoms with van der Waals surface area (Å²) >= 11 is 1.61. The number of rotatable bonds is 8. The normalized spacial score (nSPS) is 15.3. The number of hydrogen-bond acceptors (Lipinski definition) is 5. The standard InChI is InChI=1S/C21H28N4O2S/c1-23(16-20(26)22-14-19-8-5-13-28-19)21(27)17-25-11-9-24(10-12-25)15-18-6-3-2-4-7-18/h2-8,13H,9-12,14-17H2,1H3,(H,22,26). The van der Waals surface area contributed by atoms with Gasteiger partial charge in [0, 0.05) is 44.6 Å². The molecule has 1 fully saturated rings. The van der Waals surface area contributed by atoms with Crippen molar-refractivity contribution in [1.82, 2.24) is 20.0 Å². The Labute approximate surface area is 170 Å². The van der Waals surface area contributed by atoms with Gasteiger partial charge in [-0.05, 0) is 17.0 Å². The van der Waals surface area contributed by atoms with Crippen molar-refractivity contribution in [1.29, 1.82) is 0 Å². The van der Waals surface area contributed by atoms with E-state index >= 15 is 0 Å². The molecule has 1 aliphatic rings. The molecule has 150 valence electrons. The van der Waals surface area contributed by atoms with E-state index in [2.05, 4.69) is 39.4 Å². The first-order valence-electron chi connectivity index (χ1n) is 9.62. The maximum Gasteiger partial charge on any atom is 0.239 e. The SMILES string of the molecule is CN(CC(=O)NCc1cccs1)C(=O)CN1CCN(Cc2ccccc2)CC1. The topological polar surface area (TPSA) is 55.9 Å². The Hall–Kier alpha value is -2.22. The fraction of sp³-hybridized carbons (Fsp3) is 0.429. The zero-order valence-electron chi connectivity index (χ0n) is 16.3. The van der Waals surface area contributed by atoms with Gasteiger partial charge < -0.3 is 10.2 Å². The van der Waals surface area contributed by atoms with Crippen LogP contribution in [-0.2, 0) is 22.7 Å². The van der Waals surface area contributed by atoms with Crippen molar-refractivity contribution in [3.8, 4) is 0 Å². The number of carbonyl (C=O) groups excluding carboxylic acids is 2. The highest BCUT2D eigenvalue weighted by molar-refractivity contribution is 7.09. The van der Waals surface area contributed by atoms with E-state index in [1.165, 1.54) is 10.5 Å². The van der Waals surface area contributed by atoms with E-state index in [1.807, 2.05) is 23.6 Å². The van der Waals surface area contributed by atoms with Gasteiger partial charge in [-0.15, -0.1) is 11.3 Å². The second kappa shape index (κ2) is 10.4. The fourth-order valence-electron chi connectivity index (χ4n) is 3.22. The Morgan fingerprint density at radius 1 is 1.04 bits per heavy atom. The maximum absolute atomic E-state index is 12.4. The number of amides is 2. The minimum absolute atomic E-state index is 0.0113. The van der Waals surface area contributed by atoms with Gasteiger partial charge >= 0.3 is 0 Å². The molecule has 1 aliphatic heterocycles. The molecule has 2 heterocycles. The molecule has 0 saturated carbocycles. The number of benzene rings is 1. The Balaban J connectivity index is 1.34. The minimum Gasteiger partial charge on any atom is -0.350 e. The molecule has 0 bridgehead atoms. The molecule has 1 saturated heterocycles. The third kappa shape index (κ3) is 6.44. The van der Waals surface area contributed by atoms with Crippen LogP contribution in [0.15, 0.2) is 47.8 Å². The molecular formula is C21H28N4O2S. The van der Waals surface area contributed by atoms with Crippen LogP contribution in [0.1, 0.15) is 10.4 Å². The number of likely N-dealkylation sites (N-methyl/N-ethyl adjacent to an activating group) is 1. The molecule has 7 heteroatoms. The second-order valence-electron chi connectivity index (χ2n) is 7.14. The van der Waals surface area contributed by atoms with Crippen molar-refractivity contribution in [2.24, 2.45) is 0 Å². The van der Waals surface area contributed by atoms with Gasteiger partial charge in [-0.1, -0.05) is 36.4 Å². The summed E-state index contributed by atoms with van der Waals surface area (Å²) in [4.78, 5) is 31.7. The van der Waals surface area contributed by atoms with Crippen LogP contribution in [0.3, 0.4) is 0 Å². The Morgan fingerprint density at radius 2 is 1.75 bits per heavy atom. The average molecular weight is 401 g/mol. The summed E-state index contributed by atoms with van der Waals surface area (Å²) in [5.74, 6) is -0.139. The molecule has 0 atom stereocenters. The van der Waals surface area contributed by atoms with Crippen LogP contribution in [0.25, 0.3) is 0 Å². The summed E-state index contributed by atoms with van der Waals surface area (Å²) in [7, 11) is 1.69. The van der Waals surface area contributed by atoms with E-state index in [-0.39, 0.29) is 18.4 Å². The first-order chi connectivity index (χ1) is 13.6. The molecule has 2 aromatic rings. The molecule has 0 spiro atoms. The molecule has 0 aliphatic carbocycles. The third-order valence-electron chi connectivity index (χ3n) is 4.92. The Bertz CT molecular complexity index is 743. The van der Waals surface area contributed by atoms with Crippen LogP contribution in [0.2, 0.25) is 0 Å². The zero-order valence-corrected chi connectivity index (χ0v) is 17.2. The van der Waals surface area contributed by atoms with Crippen LogP contribution in [0, 0.1) is 0 Å². The van der Waals surface area contributed by atoms with Gasteiger partial charge in [-0.25, -0.2) is 0 Å². The number of hydrogen-bond donors (Lipinski definition) is 1. The van der Waals surface area contributed by atoms with Gasteiger partial charge in [0.1, 0.15) is 0 Å². The molecular weight excluding hydrogens is 372 g/mol. The molecule has 2 amide bonds. The fourth-order valence-corrected chi connectivity index (χ4v) is 3.86. The van der Waals surface area contributed by atoms with Crippen molar-refractivity contribution in [2.75, 3.05) is 46.3 Å². The highest BCUT2D eigenvalue weighted by Crippen LogP contribution is 2.09. The van der Waals surface area contributed by atoms with E-state index in [0.29, 0.717) is 13.1 Å². The van der Waals surface area contributed by atoms with Crippen LogP contribution in [-0.4, -0.2) is 72.8 Å². The summed E-state index contributed by atoms with van der Waals surface area (Å²) < 4.78 is 0. The third-order valence-corrected chi connectivity index (χ3v) is 5.80. The largest absolute Gasteiger partial charge is 0.350 e. The number of nitrogens with one attached hydrogen (secondary N) is 1. The zero-order chi connectivity index (χ0) is 19.8. The molecule has 0 unspecified atom stereocenters. The van der Waals surface area contributed by atoms with Gasteiger partial charge in [-0.3, -0.25) is 19.4 Å². The Morgan fingerprint density at radius 3 is 2.43 bits per heavy atom.